The zero-order chi connectivity index (χ0) is 15.8. The predicted molar refractivity (Wildman–Crippen MR) is 94.1 cm³/mol. The predicted octanol–water partition coefficient (Wildman–Crippen LogP) is 5.11. The van der Waals surface area contributed by atoms with Crippen LogP contribution in [0.1, 0.15) is 32.4 Å². The molecule has 1 heterocycles. The zero-order valence-corrected chi connectivity index (χ0v) is 13.4. The lowest BCUT2D eigenvalue weighted by Crippen LogP contribution is -2.13. The molecule has 2 heteroatoms. The Kier molecular flexibility index (Phi) is 6.08. The molecule has 1 aliphatic carbocycles. The van der Waals surface area contributed by atoms with Crippen molar-refractivity contribution in [1.82, 2.24) is 4.98 Å². The van der Waals surface area contributed by atoms with Crippen LogP contribution in [0.25, 0.3) is 0 Å². The van der Waals surface area contributed by atoms with E-state index in [9.17, 15) is 0 Å². The molecule has 1 aliphatic rings. The monoisotopic (exact) mass is 292 g/mol. The van der Waals surface area contributed by atoms with Crippen LogP contribution in [0.2, 0.25) is 0 Å². The van der Waals surface area contributed by atoms with Crippen LogP contribution in [0.15, 0.2) is 72.5 Å². The van der Waals surface area contributed by atoms with Gasteiger partial charge in [0.25, 0.3) is 0 Å². The Morgan fingerprint density at radius 3 is 2.82 bits per heavy atom. The molecular formula is C20H24N2. The Labute approximate surface area is 133 Å². The van der Waals surface area contributed by atoms with Crippen molar-refractivity contribution in [3.05, 3.63) is 78.2 Å². The topological polar surface area (TPSA) is 36.7 Å². The van der Waals surface area contributed by atoms with E-state index < -0.39 is 0 Å². The largest absolute Gasteiger partial charge is 0.299 e. The third kappa shape index (κ3) is 4.39. The van der Waals surface area contributed by atoms with E-state index in [1.807, 2.05) is 30.4 Å². The second-order valence-electron chi connectivity index (χ2n) is 5.65. The van der Waals surface area contributed by atoms with Gasteiger partial charge in [-0.15, -0.1) is 0 Å². The molecule has 1 N–H and O–H groups in total. The third-order valence-electron chi connectivity index (χ3n) is 3.96. The molecule has 22 heavy (non-hydrogen) atoms. The Balaban J connectivity index is 2.02. The molecule has 0 amide bonds. The molecule has 0 saturated heterocycles. The maximum absolute atomic E-state index is 8.02. The van der Waals surface area contributed by atoms with E-state index in [0.29, 0.717) is 23.2 Å². The lowest BCUT2D eigenvalue weighted by molar-refractivity contribution is 0.484. The summed E-state index contributed by atoms with van der Waals surface area (Å²) < 4.78 is 0. The molecule has 2 rings (SSSR count). The second-order valence-corrected chi connectivity index (χ2v) is 5.65. The van der Waals surface area contributed by atoms with Crippen molar-refractivity contribution in [3.63, 3.8) is 0 Å². The van der Waals surface area contributed by atoms with E-state index >= 15 is 0 Å². The van der Waals surface area contributed by atoms with Crippen molar-refractivity contribution < 1.29 is 0 Å². The van der Waals surface area contributed by atoms with E-state index in [-0.39, 0.29) is 0 Å². The Morgan fingerprint density at radius 1 is 1.27 bits per heavy atom. The first-order valence-electron chi connectivity index (χ1n) is 7.92. The molecule has 1 aromatic heterocycles. The fraction of sp³-hybridized carbons (Fsp3) is 0.300. The number of rotatable bonds is 6. The summed E-state index contributed by atoms with van der Waals surface area (Å²) >= 11 is 0. The van der Waals surface area contributed by atoms with Crippen LogP contribution >= 0.6 is 0 Å². The molecule has 1 aromatic rings. The Morgan fingerprint density at radius 2 is 2.09 bits per heavy atom. The van der Waals surface area contributed by atoms with Gasteiger partial charge in [-0.25, -0.2) is 0 Å². The second kappa shape index (κ2) is 8.28. The third-order valence-corrected chi connectivity index (χ3v) is 3.96. The van der Waals surface area contributed by atoms with Crippen LogP contribution < -0.4 is 0 Å². The number of hydrogen-bond acceptors (Lipinski definition) is 2. The van der Waals surface area contributed by atoms with Gasteiger partial charge < -0.3 is 0 Å². The number of pyridine rings is 1. The molecule has 114 valence electrons. The maximum atomic E-state index is 8.02. The summed E-state index contributed by atoms with van der Waals surface area (Å²) in [5.41, 5.74) is 2.48. The van der Waals surface area contributed by atoms with Crippen LogP contribution in [0.4, 0.5) is 0 Å². The van der Waals surface area contributed by atoms with Crippen LogP contribution in [-0.4, -0.2) is 10.7 Å². The summed E-state index contributed by atoms with van der Waals surface area (Å²) in [5.74, 6) is 1.06. The first-order chi connectivity index (χ1) is 10.7. The van der Waals surface area contributed by atoms with Gasteiger partial charge in [-0.2, -0.15) is 0 Å². The van der Waals surface area contributed by atoms with Crippen molar-refractivity contribution in [3.8, 4) is 0 Å². The highest BCUT2D eigenvalue weighted by molar-refractivity contribution is 6.05. The molecule has 2 atom stereocenters. The SMILES string of the molecule is CCCC1C=CC=CC1/C(C)=C/C=C\C(=N)c1ccccn1. The van der Waals surface area contributed by atoms with Gasteiger partial charge >= 0.3 is 0 Å². The molecule has 2 nitrogen and oxygen atoms in total. The highest BCUT2D eigenvalue weighted by Crippen LogP contribution is 2.30. The van der Waals surface area contributed by atoms with Gasteiger partial charge in [0.05, 0.1) is 11.4 Å². The first kappa shape index (κ1) is 16.2. The van der Waals surface area contributed by atoms with E-state index in [1.54, 1.807) is 6.20 Å². The molecule has 0 aliphatic heterocycles. The molecular weight excluding hydrogens is 268 g/mol. The van der Waals surface area contributed by atoms with Crippen molar-refractivity contribution in [1.29, 1.82) is 5.41 Å². The first-order valence-corrected chi connectivity index (χ1v) is 7.92. The van der Waals surface area contributed by atoms with E-state index in [4.69, 9.17) is 5.41 Å². The normalized spacial score (nSPS) is 21.5. The summed E-state index contributed by atoms with van der Waals surface area (Å²) in [7, 11) is 0. The van der Waals surface area contributed by atoms with Gasteiger partial charge in [0.2, 0.25) is 0 Å². The molecule has 0 saturated carbocycles. The standard InChI is InChI=1S/C20H24N2/c1-3-9-17-11-4-5-12-18(17)16(2)10-8-13-19(21)20-14-6-7-15-22-20/h4-8,10-15,17-18,21H,3,9H2,1-2H3/b13-8-,16-10+,21-19?. The van der Waals surface area contributed by atoms with Crippen molar-refractivity contribution >= 4 is 5.71 Å². The van der Waals surface area contributed by atoms with Crippen molar-refractivity contribution in [2.75, 3.05) is 0 Å². The number of nitrogens with one attached hydrogen (secondary N) is 1. The van der Waals surface area contributed by atoms with Gasteiger partial charge in [-0.1, -0.05) is 61.4 Å². The summed E-state index contributed by atoms with van der Waals surface area (Å²) in [5, 5.41) is 8.02. The number of hydrogen-bond donors (Lipinski definition) is 1. The fourth-order valence-electron chi connectivity index (χ4n) is 2.77. The lowest BCUT2D eigenvalue weighted by Gasteiger charge is -2.24. The van der Waals surface area contributed by atoms with E-state index in [2.05, 4.69) is 49.2 Å². The van der Waals surface area contributed by atoms with Gasteiger partial charge in [0, 0.05) is 12.1 Å². The summed E-state index contributed by atoms with van der Waals surface area (Å²) in [6.45, 7) is 4.40. The smallest absolute Gasteiger partial charge is 0.0878 e. The summed E-state index contributed by atoms with van der Waals surface area (Å²) in [6.07, 6.45) is 18.9. The van der Waals surface area contributed by atoms with Crippen LogP contribution in [0, 0.1) is 17.2 Å². The molecule has 0 bridgehead atoms. The van der Waals surface area contributed by atoms with Crippen LogP contribution in [0.3, 0.4) is 0 Å². The summed E-state index contributed by atoms with van der Waals surface area (Å²) in [4.78, 5) is 4.19. The minimum atomic E-state index is 0.439. The molecule has 0 fully saturated rings. The van der Waals surface area contributed by atoms with Crippen LogP contribution in [-0.2, 0) is 0 Å². The molecule has 0 aromatic carbocycles. The molecule has 0 spiro atoms. The highest BCUT2D eigenvalue weighted by Gasteiger charge is 2.18. The van der Waals surface area contributed by atoms with Gasteiger partial charge in [-0.05, 0) is 37.5 Å². The minimum absolute atomic E-state index is 0.439. The van der Waals surface area contributed by atoms with Gasteiger partial charge in [0.15, 0.2) is 0 Å². The average Bonchev–Trinajstić information content (AvgIpc) is 2.56. The number of nitrogens with zero attached hydrogens (tertiary/aromatic N) is 1. The number of aromatic nitrogens is 1. The average molecular weight is 292 g/mol. The van der Waals surface area contributed by atoms with Gasteiger partial charge in [0.1, 0.15) is 0 Å². The maximum Gasteiger partial charge on any atom is 0.0878 e. The quantitative estimate of drug-likeness (QED) is 0.574. The Hall–Kier alpha value is -2.22. The molecule has 0 radical (unpaired) electrons. The Bertz CT molecular complexity index is 606. The lowest BCUT2D eigenvalue weighted by atomic mass is 9.81. The van der Waals surface area contributed by atoms with E-state index in [0.717, 1.165) is 0 Å². The summed E-state index contributed by atoms with van der Waals surface area (Å²) in [6, 6.07) is 5.62. The highest BCUT2D eigenvalue weighted by atomic mass is 14.7. The van der Waals surface area contributed by atoms with Gasteiger partial charge in [-0.3, -0.25) is 10.4 Å². The zero-order valence-electron chi connectivity index (χ0n) is 13.4. The molecule has 2 unspecified atom stereocenters. The van der Waals surface area contributed by atoms with E-state index in [1.165, 1.54) is 18.4 Å². The minimum Gasteiger partial charge on any atom is -0.299 e. The van der Waals surface area contributed by atoms with Crippen molar-refractivity contribution in [2.45, 2.75) is 26.7 Å². The fourth-order valence-corrected chi connectivity index (χ4v) is 2.77. The van der Waals surface area contributed by atoms with Crippen LogP contribution in [0.5, 0.6) is 0 Å². The number of allylic oxidation sites excluding steroid dienone is 8. The van der Waals surface area contributed by atoms with Crippen molar-refractivity contribution in [2.24, 2.45) is 11.8 Å².